The van der Waals surface area contributed by atoms with Crippen LogP contribution in [-0.4, -0.2) is 17.6 Å². The van der Waals surface area contributed by atoms with E-state index in [4.69, 9.17) is 9.84 Å². The number of ether oxygens (including phenoxy) is 1. The number of rotatable bonds is 6. The van der Waals surface area contributed by atoms with E-state index in [9.17, 15) is 13.6 Å². The average Bonchev–Trinajstić information content (AvgIpc) is 2.25. The van der Waals surface area contributed by atoms with Crippen LogP contribution in [0.4, 0.5) is 8.78 Å². The van der Waals surface area contributed by atoms with E-state index in [-0.39, 0.29) is 24.6 Å². The van der Waals surface area contributed by atoms with Gasteiger partial charge in [-0.1, -0.05) is 6.07 Å². The number of hydrogen-bond donors (Lipinski definition) is 2. The Balaban J connectivity index is 2.50. The smallest absolute Gasteiger partial charge is 0.322 e. The molecule has 0 aliphatic heterocycles. The fourth-order valence-corrected chi connectivity index (χ4v) is 1.05. The molecule has 0 saturated carbocycles. The SMILES string of the molecule is C=C(NCC(=O)O)OCc1c(F)cccc1F. The molecule has 1 rings (SSSR count). The van der Waals surface area contributed by atoms with Crippen LogP contribution in [0.15, 0.2) is 30.7 Å². The molecule has 0 saturated heterocycles. The van der Waals surface area contributed by atoms with Gasteiger partial charge >= 0.3 is 5.97 Å². The molecule has 0 unspecified atom stereocenters. The summed E-state index contributed by atoms with van der Waals surface area (Å²) in [7, 11) is 0. The molecule has 0 amide bonds. The van der Waals surface area contributed by atoms with Crippen LogP contribution in [0.1, 0.15) is 5.56 Å². The summed E-state index contributed by atoms with van der Waals surface area (Å²) < 4.78 is 31.2. The fourth-order valence-electron chi connectivity index (χ4n) is 1.05. The number of carbonyl (C=O) groups is 1. The molecule has 1 aromatic rings. The minimum atomic E-state index is -1.09. The molecule has 2 N–H and O–H groups in total. The Morgan fingerprint density at radius 2 is 2.00 bits per heavy atom. The van der Waals surface area contributed by atoms with Crippen LogP contribution in [0.5, 0.6) is 0 Å². The van der Waals surface area contributed by atoms with Gasteiger partial charge in [-0.25, -0.2) is 8.78 Å². The van der Waals surface area contributed by atoms with E-state index in [1.54, 1.807) is 0 Å². The molecule has 0 aliphatic rings. The summed E-state index contributed by atoms with van der Waals surface area (Å²) in [5.41, 5.74) is -0.231. The minimum Gasteiger partial charge on any atom is -0.480 e. The number of halogens is 2. The molecule has 1 aromatic carbocycles. The maximum Gasteiger partial charge on any atom is 0.322 e. The molecular formula is C11H11F2NO3. The first-order valence-electron chi connectivity index (χ1n) is 4.71. The third kappa shape index (κ3) is 4.10. The molecule has 0 aliphatic carbocycles. The molecule has 0 atom stereocenters. The number of hydrogen-bond acceptors (Lipinski definition) is 3. The minimum absolute atomic E-state index is 0.0601. The lowest BCUT2D eigenvalue weighted by molar-refractivity contribution is -0.136. The van der Waals surface area contributed by atoms with Crippen LogP contribution in [0.25, 0.3) is 0 Å². The van der Waals surface area contributed by atoms with Crippen molar-refractivity contribution in [1.82, 2.24) is 5.32 Å². The van der Waals surface area contributed by atoms with Gasteiger partial charge in [0.25, 0.3) is 0 Å². The third-order valence-electron chi connectivity index (χ3n) is 1.89. The van der Waals surface area contributed by atoms with Crippen molar-refractivity contribution in [1.29, 1.82) is 0 Å². The van der Waals surface area contributed by atoms with Crippen molar-refractivity contribution in [3.8, 4) is 0 Å². The van der Waals surface area contributed by atoms with Crippen molar-refractivity contribution in [3.63, 3.8) is 0 Å². The zero-order valence-electron chi connectivity index (χ0n) is 8.87. The lowest BCUT2D eigenvalue weighted by Crippen LogP contribution is -2.22. The predicted molar refractivity (Wildman–Crippen MR) is 55.9 cm³/mol. The molecule has 0 aromatic heterocycles. The van der Waals surface area contributed by atoms with E-state index in [1.165, 1.54) is 6.07 Å². The highest BCUT2D eigenvalue weighted by molar-refractivity contribution is 5.69. The highest BCUT2D eigenvalue weighted by atomic mass is 19.1. The number of aliphatic carboxylic acids is 1. The van der Waals surface area contributed by atoms with Gasteiger partial charge in [-0.3, -0.25) is 4.79 Å². The van der Waals surface area contributed by atoms with Gasteiger partial charge in [0.05, 0.1) is 5.56 Å². The highest BCUT2D eigenvalue weighted by Crippen LogP contribution is 2.13. The normalized spacial score (nSPS) is 9.76. The van der Waals surface area contributed by atoms with Crippen molar-refractivity contribution in [3.05, 3.63) is 47.9 Å². The summed E-state index contributed by atoms with van der Waals surface area (Å²) in [6, 6.07) is 3.45. The number of carboxylic acids is 1. The molecule has 6 heteroatoms. The summed E-state index contributed by atoms with van der Waals surface area (Å²) in [6.07, 6.45) is 0. The van der Waals surface area contributed by atoms with Gasteiger partial charge in [-0.05, 0) is 18.7 Å². The summed E-state index contributed by atoms with van der Waals surface area (Å²) in [6.45, 7) is 2.63. The van der Waals surface area contributed by atoms with Gasteiger partial charge in [0.15, 0.2) is 5.88 Å². The summed E-state index contributed by atoms with van der Waals surface area (Å²) in [5.74, 6) is -2.60. The Morgan fingerprint density at radius 3 is 2.53 bits per heavy atom. The number of benzene rings is 1. The second-order valence-electron chi connectivity index (χ2n) is 3.16. The molecule has 4 nitrogen and oxygen atoms in total. The summed E-state index contributed by atoms with van der Waals surface area (Å²) >= 11 is 0. The van der Waals surface area contributed by atoms with Crippen LogP contribution in [0.3, 0.4) is 0 Å². The molecule has 0 spiro atoms. The van der Waals surface area contributed by atoms with E-state index < -0.39 is 17.6 Å². The van der Waals surface area contributed by atoms with Crippen LogP contribution in [0, 0.1) is 11.6 Å². The van der Waals surface area contributed by atoms with E-state index >= 15 is 0 Å². The lowest BCUT2D eigenvalue weighted by atomic mass is 10.2. The van der Waals surface area contributed by atoms with E-state index in [0.29, 0.717) is 0 Å². The van der Waals surface area contributed by atoms with Crippen molar-refractivity contribution in [2.24, 2.45) is 0 Å². The fraction of sp³-hybridized carbons (Fsp3) is 0.182. The molecule has 92 valence electrons. The van der Waals surface area contributed by atoms with Crippen LogP contribution >= 0.6 is 0 Å². The third-order valence-corrected chi connectivity index (χ3v) is 1.89. The zero-order chi connectivity index (χ0) is 12.8. The Hall–Kier alpha value is -2.11. The van der Waals surface area contributed by atoms with Crippen molar-refractivity contribution < 1.29 is 23.4 Å². The molecular weight excluding hydrogens is 232 g/mol. The lowest BCUT2D eigenvalue weighted by Gasteiger charge is -2.10. The van der Waals surface area contributed by atoms with Crippen molar-refractivity contribution in [2.75, 3.05) is 6.54 Å². The largest absolute Gasteiger partial charge is 0.480 e. The predicted octanol–water partition coefficient (Wildman–Crippen LogP) is 1.63. The second kappa shape index (κ2) is 5.83. The summed E-state index contributed by atoms with van der Waals surface area (Å²) in [4.78, 5) is 10.2. The molecule has 0 heterocycles. The second-order valence-corrected chi connectivity index (χ2v) is 3.16. The van der Waals surface area contributed by atoms with E-state index in [2.05, 4.69) is 11.9 Å². The monoisotopic (exact) mass is 243 g/mol. The molecule has 0 fully saturated rings. The Morgan fingerprint density at radius 1 is 1.41 bits per heavy atom. The number of carboxylic acid groups (broad SMARTS) is 1. The Labute approximate surface area is 96.5 Å². The standard InChI is InChI=1S/C11H11F2NO3/c1-7(14-5-11(15)16)17-6-8-9(12)3-2-4-10(8)13/h2-4,14H,1,5-6H2,(H,15,16). The first-order chi connectivity index (χ1) is 8.00. The average molecular weight is 243 g/mol. The molecule has 0 bridgehead atoms. The number of nitrogens with one attached hydrogen (secondary N) is 1. The maximum absolute atomic E-state index is 13.2. The van der Waals surface area contributed by atoms with Gasteiger partial charge in [0.1, 0.15) is 24.8 Å². The maximum atomic E-state index is 13.2. The Bertz CT molecular complexity index is 414. The van der Waals surface area contributed by atoms with Gasteiger partial charge < -0.3 is 15.2 Å². The first kappa shape index (κ1) is 13.0. The van der Waals surface area contributed by atoms with Gasteiger partial charge in [-0.15, -0.1) is 0 Å². The molecule has 17 heavy (non-hydrogen) atoms. The summed E-state index contributed by atoms with van der Waals surface area (Å²) in [5, 5.41) is 10.7. The quantitative estimate of drug-likeness (QED) is 0.745. The van der Waals surface area contributed by atoms with E-state index in [0.717, 1.165) is 12.1 Å². The van der Waals surface area contributed by atoms with Crippen LogP contribution in [0.2, 0.25) is 0 Å². The molecule has 0 radical (unpaired) electrons. The first-order valence-corrected chi connectivity index (χ1v) is 4.71. The zero-order valence-corrected chi connectivity index (χ0v) is 8.87. The van der Waals surface area contributed by atoms with Crippen LogP contribution < -0.4 is 5.32 Å². The van der Waals surface area contributed by atoms with Crippen LogP contribution in [-0.2, 0) is 16.1 Å². The van der Waals surface area contributed by atoms with E-state index in [1.807, 2.05) is 0 Å². The van der Waals surface area contributed by atoms with Gasteiger partial charge in [-0.2, -0.15) is 0 Å². The van der Waals surface area contributed by atoms with Gasteiger partial charge in [0, 0.05) is 0 Å². The Kier molecular flexibility index (Phi) is 4.45. The van der Waals surface area contributed by atoms with Gasteiger partial charge in [0.2, 0.25) is 0 Å². The highest BCUT2D eigenvalue weighted by Gasteiger charge is 2.09. The van der Waals surface area contributed by atoms with Crippen molar-refractivity contribution in [2.45, 2.75) is 6.61 Å². The van der Waals surface area contributed by atoms with Crippen molar-refractivity contribution >= 4 is 5.97 Å². The topological polar surface area (TPSA) is 58.6 Å².